The van der Waals surface area contributed by atoms with Gasteiger partial charge < -0.3 is 16.4 Å². The molecule has 0 aliphatic rings. The third-order valence-electron chi connectivity index (χ3n) is 3.62. The van der Waals surface area contributed by atoms with Crippen LogP contribution in [-0.4, -0.2) is 17.7 Å². The van der Waals surface area contributed by atoms with Gasteiger partial charge in [0.2, 0.25) is 5.91 Å². The minimum Gasteiger partial charge on any atom is -0.365 e. The molecule has 0 saturated carbocycles. The Balaban J connectivity index is 2.14. The summed E-state index contributed by atoms with van der Waals surface area (Å²) < 4.78 is 0. The van der Waals surface area contributed by atoms with Gasteiger partial charge in [-0.05, 0) is 37.1 Å². The van der Waals surface area contributed by atoms with Crippen molar-refractivity contribution in [2.45, 2.75) is 27.3 Å². The first-order valence-electron chi connectivity index (χ1n) is 7.34. The SMILES string of the molecule is CC(=O)NCc1ccc(C(=O)Nc2sc(C)c(C)c2C(N)=O)cc1. The van der Waals surface area contributed by atoms with Crippen LogP contribution in [0.5, 0.6) is 0 Å². The Hall–Kier alpha value is -2.67. The van der Waals surface area contributed by atoms with Crippen molar-refractivity contribution in [2.75, 3.05) is 5.32 Å². The molecule has 3 amide bonds. The number of hydrogen-bond donors (Lipinski definition) is 3. The Kier molecular flexibility index (Phi) is 5.35. The van der Waals surface area contributed by atoms with E-state index in [9.17, 15) is 14.4 Å². The maximum Gasteiger partial charge on any atom is 0.256 e. The van der Waals surface area contributed by atoms with Gasteiger partial charge in [-0.15, -0.1) is 11.3 Å². The van der Waals surface area contributed by atoms with Crippen LogP contribution in [0.25, 0.3) is 0 Å². The number of carbonyl (C=O) groups excluding carboxylic acids is 3. The number of anilines is 1. The predicted octanol–water partition coefficient (Wildman–Crippen LogP) is 2.35. The monoisotopic (exact) mass is 345 g/mol. The molecule has 1 aromatic heterocycles. The predicted molar refractivity (Wildman–Crippen MR) is 94.2 cm³/mol. The van der Waals surface area contributed by atoms with Crippen LogP contribution in [0.1, 0.15) is 43.6 Å². The second-order valence-corrected chi connectivity index (χ2v) is 6.64. The van der Waals surface area contributed by atoms with Gasteiger partial charge in [-0.25, -0.2) is 0 Å². The molecule has 0 bridgehead atoms. The minimum atomic E-state index is -0.558. The summed E-state index contributed by atoms with van der Waals surface area (Å²) in [6, 6.07) is 6.88. The quantitative estimate of drug-likeness (QED) is 0.775. The van der Waals surface area contributed by atoms with Crippen LogP contribution in [0.2, 0.25) is 0 Å². The van der Waals surface area contributed by atoms with Crippen molar-refractivity contribution >= 4 is 34.1 Å². The number of thiophene rings is 1. The Morgan fingerprint density at radius 3 is 2.29 bits per heavy atom. The van der Waals surface area contributed by atoms with Crippen molar-refractivity contribution < 1.29 is 14.4 Å². The highest BCUT2D eigenvalue weighted by molar-refractivity contribution is 7.16. The zero-order valence-electron chi connectivity index (χ0n) is 13.7. The highest BCUT2D eigenvalue weighted by Crippen LogP contribution is 2.32. The number of nitrogens with one attached hydrogen (secondary N) is 2. The van der Waals surface area contributed by atoms with Gasteiger partial charge in [-0.1, -0.05) is 12.1 Å². The number of primary amides is 1. The Morgan fingerprint density at radius 2 is 1.75 bits per heavy atom. The van der Waals surface area contributed by atoms with Crippen molar-refractivity contribution in [1.82, 2.24) is 5.32 Å². The van der Waals surface area contributed by atoms with Gasteiger partial charge >= 0.3 is 0 Å². The molecule has 0 radical (unpaired) electrons. The lowest BCUT2D eigenvalue weighted by Gasteiger charge is -2.07. The molecule has 0 saturated heterocycles. The van der Waals surface area contributed by atoms with Crippen molar-refractivity contribution in [3.05, 3.63) is 51.4 Å². The van der Waals surface area contributed by atoms with Gasteiger partial charge in [-0.3, -0.25) is 14.4 Å². The van der Waals surface area contributed by atoms with Gasteiger partial charge in [0.15, 0.2) is 0 Å². The summed E-state index contributed by atoms with van der Waals surface area (Å²) in [4.78, 5) is 35.8. The topological polar surface area (TPSA) is 101 Å². The lowest BCUT2D eigenvalue weighted by Crippen LogP contribution is -2.19. The standard InChI is InChI=1S/C17H19N3O3S/c1-9-10(2)24-17(14(9)15(18)22)20-16(23)13-6-4-12(5-7-13)8-19-11(3)21/h4-7H,8H2,1-3H3,(H2,18,22)(H,19,21)(H,20,23). The number of carbonyl (C=O) groups is 3. The van der Waals surface area contributed by atoms with E-state index in [-0.39, 0.29) is 11.8 Å². The molecule has 0 spiro atoms. The number of amides is 3. The third-order valence-corrected chi connectivity index (χ3v) is 4.74. The van der Waals surface area contributed by atoms with Crippen LogP contribution in [0.3, 0.4) is 0 Å². The summed E-state index contributed by atoms with van der Waals surface area (Å²) in [5.74, 6) is -0.984. The van der Waals surface area contributed by atoms with E-state index in [1.54, 1.807) is 31.2 Å². The van der Waals surface area contributed by atoms with E-state index in [2.05, 4.69) is 10.6 Å². The van der Waals surface area contributed by atoms with Crippen LogP contribution < -0.4 is 16.4 Å². The molecule has 1 aromatic carbocycles. The number of hydrogen-bond acceptors (Lipinski definition) is 4. The summed E-state index contributed by atoms with van der Waals surface area (Å²) in [5.41, 5.74) is 7.89. The normalized spacial score (nSPS) is 10.3. The van der Waals surface area contributed by atoms with Crippen LogP contribution in [0, 0.1) is 13.8 Å². The largest absolute Gasteiger partial charge is 0.365 e. The maximum absolute atomic E-state index is 12.4. The summed E-state index contributed by atoms with van der Waals surface area (Å²) in [7, 11) is 0. The molecule has 126 valence electrons. The average Bonchev–Trinajstić information content (AvgIpc) is 2.80. The summed E-state index contributed by atoms with van der Waals surface area (Å²) in [5, 5.41) is 5.90. The van der Waals surface area contributed by atoms with Crippen LogP contribution in [0.15, 0.2) is 24.3 Å². The number of benzene rings is 1. The molecule has 6 nitrogen and oxygen atoms in total. The molecule has 4 N–H and O–H groups in total. The maximum atomic E-state index is 12.4. The molecule has 2 aromatic rings. The molecule has 24 heavy (non-hydrogen) atoms. The van der Waals surface area contributed by atoms with Crippen molar-refractivity contribution in [3.63, 3.8) is 0 Å². The molecule has 7 heteroatoms. The van der Waals surface area contributed by atoms with Gasteiger partial charge in [0.25, 0.3) is 11.8 Å². The third kappa shape index (κ3) is 3.99. The highest BCUT2D eigenvalue weighted by Gasteiger charge is 2.19. The fourth-order valence-electron chi connectivity index (χ4n) is 2.19. The number of rotatable bonds is 5. The van der Waals surface area contributed by atoms with E-state index in [0.717, 1.165) is 16.0 Å². The zero-order chi connectivity index (χ0) is 17.9. The molecule has 0 aliphatic carbocycles. The molecule has 2 rings (SSSR count). The lowest BCUT2D eigenvalue weighted by atomic mass is 10.1. The number of aryl methyl sites for hydroxylation is 1. The Bertz CT molecular complexity index is 794. The molecular weight excluding hydrogens is 326 g/mol. The van der Waals surface area contributed by atoms with Crippen LogP contribution in [-0.2, 0) is 11.3 Å². The summed E-state index contributed by atoms with van der Waals surface area (Å²) in [6.07, 6.45) is 0. The minimum absolute atomic E-state index is 0.112. The van der Waals surface area contributed by atoms with E-state index in [1.165, 1.54) is 18.3 Å². The van der Waals surface area contributed by atoms with Crippen molar-refractivity contribution in [3.8, 4) is 0 Å². The molecule has 1 heterocycles. The second-order valence-electron chi connectivity index (χ2n) is 5.41. The van der Waals surface area contributed by atoms with E-state index in [1.807, 2.05) is 6.92 Å². The first-order valence-corrected chi connectivity index (χ1v) is 8.15. The van der Waals surface area contributed by atoms with Gasteiger partial charge in [0, 0.05) is 23.9 Å². The Morgan fingerprint density at radius 1 is 1.12 bits per heavy atom. The van der Waals surface area contributed by atoms with Crippen LogP contribution in [0.4, 0.5) is 5.00 Å². The van der Waals surface area contributed by atoms with Gasteiger partial charge in [-0.2, -0.15) is 0 Å². The van der Waals surface area contributed by atoms with E-state index in [0.29, 0.717) is 22.7 Å². The smallest absolute Gasteiger partial charge is 0.256 e. The lowest BCUT2D eigenvalue weighted by molar-refractivity contribution is -0.119. The summed E-state index contributed by atoms with van der Waals surface area (Å²) >= 11 is 1.33. The van der Waals surface area contributed by atoms with E-state index >= 15 is 0 Å². The number of nitrogens with two attached hydrogens (primary N) is 1. The molecule has 0 atom stereocenters. The molecular formula is C17H19N3O3S. The van der Waals surface area contributed by atoms with E-state index in [4.69, 9.17) is 5.73 Å². The van der Waals surface area contributed by atoms with Crippen molar-refractivity contribution in [2.24, 2.45) is 5.73 Å². The highest BCUT2D eigenvalue weighted by atomic mass is 32.1. The van der Waals surface area contributed by atoms with Crippen LogP contribution >= 0.6 is 11.3 Å². The Labute approximate surface area is 144 Å². The molecule has 0 fully saturated rings. The molecule has 0 aliphatic heterocycles. The fraction of sp³-hybridized carbons (Fsp3) is 0.235. The van der Waals surface area contributed by atoms with E-state index < -0.39 is 5.91 Å². The first-order chi connectivity index (χ1) is 11.3. The fourth-order valence-corrected chi connectivity index (χ4v) is 3.25. The average molecular weight is 345 g/mol. The van der Waals surface area contributed by atoms with Gasteiger partial charge in [0.05, 0.1) is 5.56 Å². The first kappa shape index (κ1) is 17.7. The van der Waals surface area contributed by atoms with Crippen molar-refractivity contribution in [1.29, 1.82) is 0 Å². The second kappa shape index (κ2) is 7.27. The zero-order valence-corrected chi connectivity index (χ0v) is 14.5. The van der Waals surface area contributed by atoms with Gasteiger partial charge in [0.1, 0.15) is 5.00 Å². The summed E-state index contributed by atoms with van der Waals surface area (Å²) in [6.45, 7) is 5.53. The molecule has 0 unspecified atom stereocenters.